The number of aliphatic carboxylic acids is 1. The van der Waals surface area contributed by atoms with Crippen LogP contribution >= 0.6 is 0 Å². The number of carbonyl (C=O) groups is 1. The van der Waals surface area contributed by atoms with E-state index in [1.165, 1.54) is 30.3 Å². The highest BCUT2D eigenvalue weighted by Gasteiger charge is 2.57. The lowest BCUT2D eigenvalue weighted by Crippen LogP contribution is -2.60. The first-order valence-electron chi connectivity index (χ1n) is 11.5. The summed E-state index contributed by atoms with van der Waals surface area (Å²) < 4.78 is 91.4. The number of sulfonamides is 1. The first-order chi connectivity index (χ1) is 17.0. The van der Waals surface area contributed by atoms with Gasteiger partial charge in [0, 0.05) is 30.0 Å². The van der Waals surface area contributed by atoms with Gasteiger partial charge >= 0.3 is 5.97 Å². The van der Waals surface area contributed by atoms with E-state index in [1.807, 2.05) is 0 Å². The molecule has 2 aromatic carbocycles. The van der Waals surface area contributed by atoms with Crippen molar-refractivity contribution in [2.45, 2.75) is 55.4 Å². The fourth-order valence-electron chi connectivity index (χ4n) is 4.26. The summed E-state index contributed by atoms with van der Waals surface area (Å²) in [6.45, 7) is -0.107. The van der Waals surface area contributed by atoms with Gasteiger partial charge in [-0.05, 0) is 31.0 Å². The molecule has 4 rings (SSSR count). The van der Waals surface area contributed by atoms with Gasteiger partial charge in [-0.1, -0.05) is 30.3 Å². The second kappa shape index (κ2) is 10.3. The maximum absolute atomic E-state index is 15.6. The van der Waals surface area contributed by atoms with Gasteiger partial charge < -0.3 is 15.2 Å². The molecule has 0 unspecified atom stereocenters. The second-order valence-corrected chi connectivity index (χ2v) is 11.0. The number of halogens is 4. The molecule has 0 radical (unpaired) electrons. The summed E-state index contributed by atoms with van der Waals surface area (Å²) in [7, 11) is -4.42. The smallest absolute Gasteiger partial charge is 0.306 e. The number of carboxylic acid groups (broad SMARTS) is 1. The van der Waals surface area contributed by atoms with Crippen LogP contribution in [0, 0.1) is 11.6 Å². The summed E-state index contributed by atoms with van der Waals surface area (Å²) in [5, 5.41) is 9.40. The highest BCUT2D eigenvalue weighted by Crippen LogP contribution is 2.44. The zero-order valence-corrected chi connectivity index (χ0v) is 20.0. The zero-order valence-electron chi connectivity index (χ0n) is 19.1. The van der Waals surface area contributed by atoms with Gasteiger partial charge in [-0.25, -0.2) is 30.7 Å². The SMILES string of the molecule is O=C(O)CCOc1c(F)cccc1-c1cccc(C[C@@H]2NCC[C@H](F)[C@@H]2NS(=O)(=O)C2(F)CC2)c1F. The maximum atomic E-state index is 15.6. The molecule has 1 saturated carbocycles. The number of rotatable bonds is 10. The van der Waals surface area contributed by atoms with Crippen LogP contribution in [0.2, 0.25) is 0 Å². The van der Waals surface area contributed by atoms with Crippen molar-refractivity contribution in [3.05, 3.63) is 53.6 Å². The first-order valence-corrected chi connectivity index (χ1v) is 13.0. The zero-order chi connectivity index (χ0) is 26.1. The van der Waals surface area contributed by atoms with Gasteiger partial charge in [0.2, 0.25) is 15.0 Å². The molecule has 1 aliphatic carbocycles. The van der Waals surface area contributed by atoms with Crippen LogP contribution < -0.4 is 14.8 Å². The van der Waals surface area contributed by atoms with Gasteiger partial charge in [-0.3, -0.25) is 4.79 Å². The van der Waals surface area contributed by atoms with E-state index in [4.69, 9.17) is 9.84 Å². The molecule has 1 saturated heterocycles. The summed E-state index contributed by atoms with van der Waals surface area (Å²) >= 11 is 0. The van der Waals surface area contributed by atoms with Gasteiger partial charge in [-0.2, -0.15) is 0 Å². The topological polar surface area (TPSA) is 105 Å². The van der Waals surface area contributed by atoms with E-state index >= 15 is 4.39 Å². The van der Waals surface area contributed by atoms with Crippen LogP contribution in [0.15, 0.2) is 36.4 Å². The second-order valence-electron chi connectivity index (χ2n) is 8.99. The lowest BCUT2D eigenvalue weighted by atomic mass is 9.90. The molecule has 2 aliphatic rings. The number of alkyl halides is 2. The molecule has 196 valence electrons. The summed E-state index contributed by atoms with van der Waals surface area (Å²) in [5.41, 5.74) is 0.137. The summed E-state index contributed by atoms with van der Waals surface area (Å²) in [5.74, 6) is -3.00. The van der Waals surface area contributed by atoms with E-state index in [0.29, 0.717) is 0 Å². The molecule has 0 amide bonds. The fraction of sp³-hybridized carbons (Fsp3) is 0.458. The number of para-hydroxylation sites is 1. The van der Waals surface area contributed by atoms with Crippen LogP contribution in [0.1, 0.15) is 31.2 Å². The van der Waals surface area contributed by atoms with Crippen molar-refractivity contribution in [3.8, 4) is 16.9 Å². The Labute approximate surface area is 205 Å². The number of hydrogen-bond donors (Lipinski definition) is 3. The van der Waals surface area contributed by atoms with E-state index in [-0.39, 0.29) is 67.7 Å². The van der Waals surface area contributed by atoms with Crippen molar-refractivity contribution in [2.75, 3.05) is 13.2 Å². The highest BCUT2D eigenvalue weighted by atomic mass is 32.2. The summed E-state index contributed by atoms with van der Waals surface area (Å²) in [4.78, 5) is 10.8. The van der Waals surface area contributed by atoms with Crippen molar-refractivity contribution < 1.29 is 40.6 Å². The van der Waals surface area contributed by atoms with Crippen molar-refractivity contribution in [1.29, 1.82) is 0 Å². The third-order valence-electron chi connectivity index (χ3n) is 6.40. The molecule has 1 aliphatic heterocycles. The van der Waals surface area contributed by atoms with Crippen LogP contribution in [0.3, 0.4) is 0 Å². The molecule has 12 heteroatoms. The number of ether oxygens (including phenoxy) is 1. The van der Waals surface area contributed by atoms with Gasteiger partial charge in [0.05, 0.1) is 19.1 Å². The molecular formula is C24H26F4N2O5S. The first kappa shape index (κ1) is 26.4. The minimum absolute atomic E-state index is 0.00578. The predicted octanol–water partition coefficient (Wildman–Crippen LogP) is 3.48. The number of nitrogens with one attached hydrogen (secondary N) is 2. The Morgan fingerprint density at radius 1 is 1.17 bits per heavy atom. The van der Waals surface area contributed by atoms with E-state index in [2.05, 4.69) is 10.0 Å². The van der Waals surface area contributed by atoms with Crippen molar-refractivity contribution in [1.82, 2.24) is 10.0 Å². The molecule has 3 N–H and O–H groups in total. The molecular weight excluding hydrogens is 504 g/mol. The van der Waals surface area contributed by atoms with Gasteiger partial charge in [0.1, 0.15) is 12.0 Å². The lowest BCUT2D eigenvalue weighted by Gasteiger charge is -2.36. The largest absolute Gasteiger partial charge is 0.489 e. The van der Waals surface area contributed by atoms with Crippen LogP contribution in [-0.2, 0) is 21.2 Å². The van der Waals surface area contributed by atoms with Gasteiger partial charge in [0.15, 0.2) is 11.6 Å². The van der Waals surface area contributed by atoms with Crippen LogP contribution in [0.5, 0.6) is 5.75 Å². The Hall–Kier alpha value is -2.70. The minimum atomic E-state index is -4.42. The van der Waals surface area contributed by atoms with Crippen LogP contribution in [-0.4, -0.2) is 55.9 Å². The Kier molecular flexibility index (Phi) is 7.58. The van der Waals surface area contributed by atoms with Crippen LogP contribution in [0.25, 0.3) is 11.1 Å². The fourth-order valence-corrected chi connectivity index (χ4v) is 5.78. The Morgan fingerprint density at radius 2 is 1.86 bits per heavy atom. The third kappa shape index (κ3) is 5.50. The van der Waals surface area contributed by atoms with Crippen molar-refractivity contribution >= 4 is 16.0 Å². The van der Waals surface area contributed by atoms with Crippen molar-refractivity contribution in [3.63, 3.8) is 0 Å². The quantitative estimate of drug-likeness (QED) is 0.407. The Bertz CT molecular complexity index is 1240. The Morgan fingerprint density at radius 3 is 2.56 bits per heavy atom. The average molecular weight is 531 g/mol. The molecule has 2 fully saturated rings. The maximum Gasteiger partial charge on any atom is 0.306 e. The molecule has 36 heavy (non-hydrogen) atoms. The number of piperidine rings is 1. The van der Waals surface area contributed by atoms with Crippen LogP contribution in [0.4, 0.5) is 17.6 Å². The van der Waals surface area contributed by atoms with Gasteiger partial charge in [-0.15, -0.1) is 0 Å². The molecule has 2 aromatic rings. The third-order valence-corrected chi connectivity index (χ3v) is 8.36. The molecule has 0 spiro atoms. The van der Waals surface area contributed by atoms with E-state index in [1.54, 1.807) is 0 Å². The number of hydrogen-bond acceptors (Lipinski definition) is 5. The van der Waals surface area contributed by atoms with E-state index in [9.17, 15) is 26.4 Å². The van der Waals surface area contributed by atoms with E-state index < -0.39 is 50.9 Å². The average Bonchev–Trinajstić information content (AvgIpc) is 3.58. The summed E-state index contributed by atoms with van der Waals surface area (Å²) in [6, 6.07) is 6.05. The molecule has 0 bridgehead atoms. The number of benzene rings is 2. The van der Waals surface area contributed by atoms with Crippen molar-refractivity contribution in [2.24, 2.45) is 0 Å². The predicted molar refractivity (Wildman–Crippen MR) is 123 cm³/mol. The molecule has 3 atom stereocenters. The monoisotopic (exact) mass is 530 g/mol. The van der Waals surface area contributed by atoms with E-state index in [0.717, 1.165) is 6.07 Å². The normalized spacial score (nSPS) is 23.3. The lowest BCUT2D eigenvalue weighted by molar-refractivity contribution is -0.137. The molecule has 1 heterocycles. The minimum Gasteiger partial charge on any atom is -0.489 e. The molecule has 7 nitrogen and oxygen atoms in total. The standard InChI is InChI=1S/C24H26F4N2O5S/c25-17-7-11-29-19(22(17)30-36(33,34)24(28)9-10-24)13-14-3-1-4-15(21(14)27)16-5-2-6-18(26)23(16)35-12-8-20(31)32/h1-6,17,19,22,29-30H,7-13H2,(H,31,32)/t17-,19-,22-/m0/s1. The number of carboxylic acids is 1. The van der Waals surface area contributed by atoms with Gasteiger partial charge in [0.25, 0.3) is 0 Å². The molecule has 0 aromatic heterocycles. The highest BCUT2D eigenvalue weighted by molar-refractivity contribution is 7.91. The summed E-state index contributed by atoms with van der Waals surface area (Å²) in [6.07, 6.45) is -2.43. The Balaban J connectivity index is 1.60.